The molecule has 0 aromatic rings. The summed E-state index contributed by atoms with van der Waals surface area (Å²) in [5.74, 6) is 3.33. The fourth-order valence-corrected chi connectivity index (χ4v) is 28.7. The van der Waals surface area contributed by atoms with E-state index < -0.39 is 48.1 Å². The Kier molecular flexibility index (Phi) is 23.9. The quantitative estimate of drug-likeness (QED) is 0.0379. The summed E-state index contributed by atoms with van der Waals surface area (Å²) >= 11 is 0. The number of hydrogen-bond donors (Lipinski definition) is 13. The zero-order valence-electron chi connectivity index (χ0n) is 64.1. The second-order valence-corrected chi connectivity index (χ2v) is 39.3. The topological polar surface area (TPSA) is 298 Å². The summed E-state index contributed by atoms with van der Waals surface area (Å²) in [5.41, 5.74) is -1.02. The van der Waals surface area contributed by atoms with Crippen molar-refractivity contribution in [2.45, 2.75) is 348 Å². The van der Waals surface area contributed by atoms with Crippen LogP contribution in [0.15, 0.2) is 0 Å². The minimum Gasteiger partial charge on any atom is -0.393 e. The first kappa shape index (κ1) is 78.1. The maximum atomic E-state index is 14.2. The first-order valence-electron chi connectivity index (χ1n) is 42.0. The molecule has 35 atom stereocenters. The molecule has 0 aromatic heterocycles. The predicted octanol–water partition coefficient (Wildman–Crippen LogP) is 10.7. The van der Waals surface area contributed by atoms with Crippen LogP contribution in [0.3, 0.4) is 0 Å². The first-order valence-corrected chi connectivity index (χ1v) is 42.0. The normalized spacial score (nSPS) is 48.1. The Morgan fingerprint density at radius 1 is 0.366 bits per heavy atom. The minimum absolute atomic E-state index is 0.0128. The Bertz CT molecular complexity index is 2870. The Morgan fingerprint density at radius 2 is 0.703 bits per heavy atom. The molecule has 0 spiro atoms. The van der Waals surface area contributed by atoms with Gasteiger partial charge in [-0.25, -0.2) is 0 Å². The number of hydrogen-bond acceptors (Lipinski definition) is 13. The van der Waals surface area contributed by atoms with Crippen LogP contribution in [-0.4, -0.2) is 150 Å². The molecule has 0 aromatic carbocycles. The molecule has 13 N–H and O–H groups in total. The molecule has 12 aliphatic carbocycles. The summed E-state index contributed by atoms with van der Waals surface area (Å²) < 4.78 is 0. The monoisotopic (exact) mass is 1420 g/mol. The summed E-state index contributed by atoms with van der Waals surface area (Å²) in [6.07, 6.45) is 20.6. The average molecular weight is 1420 g/mol. The van der Waals surface area contributed by atoms with E-state index in [1.165, 1.54) is 0 Å². The van der Waals surface area contributed by atoms with E-state index in [0.717, 1.165) is 128 Å². The van der Waals surface area contributed by atoms with Crippen molar-refractivity contribution in [3.8, 4) is 0 Å². The van der Waals surface area contributed by atoms with Gasteiger partial charge in [0.05, 0.1) is 54.9 Å². The van der Waals surface area contributed by atoms with Gasteiger partial charge in [-0.3, -0.25) is 19.2 Å². The lowest BCUT2D eigenvalue weighted by Gasteiger charge is -2.63. The van der Waals surface area contributed by atoms with Gasteiger partial charge in [0.15, 0.2) is 0 Å². The maximum absolute atomic E-state index is 14.2. The number of aliphatic hydroxyl groups is 9. The van der Waals surface area contributed by atoms with E-state index in [-0.39, 0.29) is 188 Å². The molecule has 12 fully saturated rings. The van der Waals surface area contributed by atoms with E-state index in [1.54, 1.807) is 0 Å². The molecule has 0 aliphatic heterocycles. The van der Waals surface area contributed by atoms with Crippen LogP contribution in [-0.2, 0) is 19.2 Å². The van der Waals surface area contributed by atoms with Crippen molar-refractivity contribution in [3.63, 3.8) is 0 Å². The van der Waals surface area contributed by atoms with Crippen molar-refractivity contribution < 1.29 is 65.1 Å². The number of nitrogens with one attached hydrogen (secondary N) is 4. The van der Waals surface area contributed by atoms with E-state index in [0.29, 0.717) is 90.1 Å². The third-order valence-electron chi connectivity index (χ3n) is 34.7. The summed E-state index contributed by atoms with van der Waals surface area (Å²) in [5, 5.41) is 116. The third-order valence-corrected chi connectivity index (χ3v) is 34.7. The lowest BCUT2D eigenvalue weighted by atomic mass is 9.43. The summed E-state index contributed by atoms with van der Waals surface area (Å²) in [7, 11) is 0. The molecule has 576 valence electrons. The number of aliphatic hydroxyl groups excluding tert-OH is 9. The van der Waals surface area contributed by atoms with Crippen molar-refractivity contribution in [2.24, 2.45) is 139 Å². The molecule has 0 radical (unpaired) electrons. The van der Waals surface area contributed by atoms with E-state index >= 15 is 0 Å². The zero-order valence-corrected chi connectivity index (χ0v) is 64.1. The van der Waals surface area contributed by atoms with Crippen LogP contribution in [0.2, 0.25) is 0 Å². The Hall–Kier alpha value is -2.48. The molecule has 23 unspecified atom stereocenters. The molecule has 4 amide bonds. The van der Waals surface area contributed by atoms with Gasteiger partial charge in [0.1, 0.15) is 6.04 Å². The molecule has 12 saturated carbocycles. The lowest BCUT2D eigenvalue weighted by molar-refractivity contribution is -0.207. The molecule has 17 heteroatoms. The number of carbonyl (C=O) groups excluding carboxylic acids is 4. The minimum atomic E-state index is -0.769. The largest absolute Gasteiger partial charge is 0.393 e. The van der Waals surface area contributed by atoms with Crippen molar-refractivity contribution in [2.75, 3.05) is 13.1 Å². The molecule has 0 bridgehead atoms. The second-order valence-electron chi connectivity index (χ2n) is 39.3. The van der Waals surface area contributed by atoms with Crippen LogP contribution in [0.25, 0.3) is 0 Å². The fraction of sp³-hybridized carbons (Fsp3) is 0.952. The van der Waals surface area contributed by atoms with Crippen LogP contribution in [0.5, 0.6) is 0 Å². The summed E-state index contributed by atoms with van der Waals surface area (Å²) in [4.78, 5) is 55.4. The molecular formula is C84H142N4O13. The van der Waals surface area contributed by atoms with Gasteiger partial charge in [-0.15, -0.1) is 0 Å². The highest BCUT2D eigenvalue weighted by molar-refractivity contribution is 5.87. The summed E-state index contributed by atoms with van der Waals surface area (Å²) in [6, 6.07) is -0.829. The highest BCUT2D eigenvalue weighted by atomic mass is 16.3. The van der Waals surface area contributed by atoms with Crippen molar-refractivity contribution in [1.82, 2.24) is 21.3 Å². The van der Waals surface area contributed by atoms with Crippen molar-refractivity contribution in [3.05, 3.63) is 0 Å². The van der Waals surface area contributed by atoms with Gasteiger partial charge in [-0.2, -0.15) is 0 Å². The maximum Gasteiger partial charge on any atom is 0.242 e. The van der Waals surface area contributed by atoms with Gasteiger partial charge in [-0.05, 0) is 339 Å². The van der Waals surface area contributed by atoms with E-state index in [1.807, 2.05) is 6.92 Å². The SMILES string of the molecule is CC(CCCCNC(=O)C(CCCCNC(=O)CCC(C)C1CC[C@H]2[C@@H]3C(O)C[C@@H]4C[C@H](O)CCC4(C)C3CC(O)C12C)NC(=O)CCC(C)C1CC[C@H]2[C@@H]3C(O)CC4C[C@H](O)CCC4(C)C3CC(O)C12C)NC(=O)CCC(C)C1CC[C@H]2[C@@H]3C(O)C[C@@H]4C[C@H](O)CCC4(C)C3CC(O)[C@@]12C. The number of fused-ring (bicyclic) bond motifs is 15. The van der Waals surface area contributed by atoms with Crippen LogP contribution in [0, 0.1) is 139 Å². The number of carbonyl (C=O) groups is 4. The third kappa shape index (κ3) is 14.5. The highest BCUT2D eigenvalue weighted by Gasteiger charge is 2.69. The molecule has 17 nitrogen and oxygen atoms in total. The van der Waals surface area contributed by atoms with Crippen molar-refractivity contribution in [1.29, 1.82) is 0 Å². The molecule has 12 aliphatic rings. The Labute approximate surface area is 607 Å². The standard InChI is InChI=1S/C84H142N4O13/c1-46(56-20-23-59-75-62(43-69(95)82(56,59)8)79(5)32-29-53(89)37-50(79)40-66(75)92)17-26-72(98)85-35-14-12-16-65(88-74(100)28-19-48(3)58-22-25-61-77-64(45-71(97)84(58,61)10)81(7)34-31-55(91)39-52(81)42-68(77)94)78(101)86-36-13-11-15-49(4)87-73(99)27-18-47(2)57-21-24-60-76-63(44-70(96)83(57,60)9)80(6)33-30-54(90)38-51(80)41-67(76)93/h46-71,75-77,89-97H,11-45H2,1-10H3,(H,85,98)(H,86,101)(H,87,99)(H,88,100)/t46?,47?,48?,49?,50-,51-,52?,53+,54+,55+,56?,57?,58?,59-,60-,61-,62?,63?,64?,65?,66?,67?,68?,69?,70?,71?,75-,76-,77-,79?,80?,81?,82?,83-,84?/m0/s1. The van der Waals surface area contributed by atoms with Crippen LogP contribution < -0.4 is 21.3 Å². The number of amides is 4. The number of unbranched alkanes of at least 4 members (excludes halogenated alkanes) is 2. The van der Waals surface area contributed by atoms with E-state index in [9.17, 15) is 65.1 Å². The fourth-order valence-electron chi connectivity index (χ4n) is 28.7. The second kappa shape index (κ2) is 30.9. The van der Waals surface area contributed by atoms with Gasteiger partial charge in [-0.1, -0.05) is 62.3 Å². The predicted molar refractivity (Wildman–Crippen MR) is 390 cm³/mol. The number of rotatable bonds is 25. The van der Waals surface area contributed by atoms with Crippen LogP contribution in [0.4, 0.5) is 0 Å². The summed E-state index contributed by atoms with van der Waals surface area (Å²) in [6.45, 7) is 23.4. The van der Waals surface area contributed by atoms with Crippen molar-refractivity contribution >= 4 is 23.6 Å². The molecule has 0 heterocycles. The molecule has 12 rings (SSSR count). The smallest absolute Gasteiger partial charge is 0.242 e. The van der Waals surface area contributed by atoms with Gasteiger partial charge in [0.25, 0.3) is 0 Å². The lowest BCUT2D eigenvalue weighted by Crippen LogP contribution is -2.62. The van der Waals surface area contributed by atoms with E-state index in [2.05, 4.69) is 83.6 Å². The highest BCUT2D eigenvalue weighted by Crippen LogP contribution is 2.72. The zero-order chi connectivity index (χ0) is 72.6. The molecule has 0 saturated heterocycles. The molecular weight excluding hydrogens is 1270 g/mol. The first-order chi connectivity index (χ1) is 47.8. The van der Waals surface area contributed by atoms with Gasteiger partial charge >= 0.3 is 0 Å². The van der Waals surface area contributed by atoms with Gasteiger partial charge in [0.2, 0.25) is 23.6 Å². The van der Waals surface area contributed by atoms with Crippen LogP contribution in [0.1, 0.15) is 281 Å². The average Bonchev–Trinajstić information content (AvgIpc) is 1.52. The van der Waals surface area contributed by atoms with Crippen LogP contribution >= 0.6 is 0 Å². The Morgan fingerprint density at radius 3 is 1.08 bits per heavy atom. The van der Waals surface area contributed by atoms with Gasteiger partial charge in [0, 0.05) is 38.4 Å². The van der Waals surface area contributed by atoms with E-state index in [4.69, 9.17) is 0 Å². The van der Waals surface area contributed by atoms with Gasteiger partial charge < -0.3 is 67.2 Å². The Balaban J connectivity index is 0.601. The molecule has 101 heavy (non-hydrogen) atoms.